The van der Waals surface area contributed by atoms with E-state index >= 15 is 0 Å². The fourth-order valence-electron chi connectivity index (χ4n) is 2.73. The number of benzene rings is 1. The number of aliphatic carboxylic acids is 2. The maximum absolute atomic E-state index is 12.6. The van der Waals surface area contributed by atoms with E-state index in [2.05, 4.69) is 10.6 Å². The van der Waals surface area contributed by atoms with Crippen molar-refractivity contribution in [2.45, 2.75) is 50.0 Å². The third-order valence-electron chi connectivity index (χ3n) is 4.51. The molecule has 0 fully saturated rings. The maximum atomic E-state index is 12.6. The van der Waals surface area contributed by atoms with Crippen molar-refractivity contribution in [3.8, 4) is 0 Å². The third kappa shape index (κ3) is 9.22. The highest BCUT2D eigenvalue weighted by Gasteiger charge is 2.33. The van der Waals surface area contributed by atoms with Crippen LogP contribution in [-0.2, 0) is 30.4 Å². The molecule has 182 valence electrons. The van der Waals surface area contributed by atoms with Crippen LogP contribution in [0, 0.1) is 0 Å². The Balaban J connectivity index is 2.89. The molecule has 5 atom stereocenters. The second-order valence-corrected chi connectivity index (χ2v) is 7.26. The zero-order chi connectivity index (χ0) is 25.1. The van der Waals surface area contributed by atoms with Crippen molar-refractivity contribution in [3.05, 3.63) is 35.9 Å². The van der Waals surface area contributed by atoms with Gasteiger partial charge in [-0.05, 0) is 18.9 Å². The van der Waals surface area contributed by atoms with Crippen molar-refractivity contribution in [3.63, 3.8) is 0 Å². The molecule has 0 heterocycles. The Morgan fingerprint density at radius 1 is 0.909 bits per heavy atom. The first-order chi connectivity index (χ1) is 15.5. The van der Waals surface area contributed by atoms with Gasteiger partial charge < -0.3 is 42.1 Å². The molecule has 1 aromatic carbocycles. The highest BCUT2D eigenvalue weighted by Crippen LogP contribution is 2.04. The van der Waals surface area contributed by atoms with E-state index < -0.39 is 73.0 Å². The number of rotatable bonds is 13. The Hall–Kier alpha value is -3.55. The molecule has 13 heteroatoms. The van der Waals surface area contributed by atoms with Crippen LogP contribution in [0.4, 0.5) is 0 Å². The second-order valence-electron chi connectivity index (χ2n) is 7.26. The molecule has 1 aromatic rings. The molecule has 3 amide bonds. The van der Waals surface area contributed by atoms with Gasteiger partial charge in [-0.15, -0.1) is 0 Å². The maximum Gasteiger partial charge on any atom is 0.328 e. The average molecular weight is 468 g/mol. The predicted octanol–water partition coefficient (Wildman–Crippen LogP) is -3.06. The summed E-state index contributed by atoms with van der Waals surface area (Å²) < 4.78 is 0. The van der Waals surface area contributed by atoms with Gasteiger partial charge in [0, 0.05) is 0 Å². The number of hydrogen-bond acceptors (Lipinski definition) is 8. The summed E-state index contributed by atoms with van der Waals surface area (Å²) in [7, 11) is 0. The lowest BCUT2D eigenvalue weighted by Gasteiger charge is -2.25. The molecule has 0 aliphatic heterocycles. The van der Waals surface area contributed by atoms with Crippen LogP contribution >= 0.6 is 0 Å². The SMILES string of the molecule is CC(O)C(NC(=O)C(N)Cc1ccccc1)C(=O)NC(CC(=O)O)C(=O)NC(CO)C(=O)O. The number of carboxylic acids is 2. The van der Waals surface area contributed by atoms with Crippen molar-refractivity contribution in [2.24, 2.45) is 5.73 Å². The molecule has 0 saturated heterocycles. The van der Waals surface area contributed by atoms with Gasteiger partial charge in [-0.3, -0.25) is 19.2 Å². The number of carbonyl (C=O) groups excluding carboxylic acids is 3. The minimum absolute atomic E-state index is 0.141. The van der Waals surface area contributed by atoms with Gasteiger partial charge in [0.2, 0.25) is 17.7 Å². The number of aliphatic hydroxyl groups is 2. The summed E-state index contributed by atoms with van der Waals surface area (Å²) in [6.45, 7) is 0.214. The van der Waals surface area contributed by atoms with Crippen molar-refractivity contribution in [2.75, 3.05) is 6.61 Å². The van der Waals surface area contributed by atoms with Crippen molar-refractivity contribution < 1.29 is 44.4 Å². The first-order valence-corrected chi connectivity index (χ1v) is 9.90. The van der Waals surface area contributed by atoms with Gasteiger partial charge in [0.25, 0.3) is 0 Å². The minimum atomic E-state index is -1.75. The largest absolute Gasteiger partial charge is 0.481 e. The fraction of sp³-hybridized carbons (Fsp3) is 0.450. The average Bonchev–Trinajstić information content (AvgIpc) is 2.74. The highest BCUT2D eigenvalue weighted by molar-refractivity contribution is 5.95. The molecular formula is C20H28N4O9. The smallest absolute Gasteiger partial charge is 0.328 e. The van der Waals surface area contributed by atoms with E-state index in [1.165, 1.54) is 6.92 Å². The monoisotopic (exact) mass is 468 g/mol. The lowest BCUT2D eigenvalue weighted by atomic mass is 10.0. The fourth-order valence-corrected chi connectivity index (χ4v) is 2.73. The van der Waals surface area contributed by atoms with Crippen LogP contribution in [0.1, 0.15) is 18.9 Å². The van der Waals surface area contributed by atoms with E-state index in [1.807, 2.05) is 5.32 Å². The van der Waals surface area contributed by atoms with E-state index in [0.29, 0.717) is 0 Å². The van der Waals surface area contributed by atoms with Gasteiger partial charge in [0.05, 0.1) is 25.2 Å². The van der Waals surface area contributed by atoms with Crippen LogP contribution in [-0.4, -0.2) is 87.0 Å². The Morgan fingerprint density at radius 3 is 1.97 bits per heavy atom. The molecule has 33 heavy (non-hydrogen) atoms. The van der Waals surface area contributed by atoms with Gasteiger partial charge in [0.15, 0.2) is 0 Å². The standard InChI is InChI=1S/C20H28N4O9/c1-10(26)16(24-17(29)12(21)7-11-5-3-2-4-6-11)19(31)22-13(8-15(27)28)18(30)23-14(9-25)20(32)33/h2-6,10,12-14,16,25-26H,7-9,21H2,1H3,(H,22,31)(H,23,30)(H,24,29)(H,27,28)(H,32,33). The molecule has 0 saturated carbocycles. The summed E-state index contributed by atoms with van der Waals surface area (Å²) in [5, 5.41) is 43.1. The number of carboxylic acid groups (broad SMARTS) is 2. The molecule has 0 radical (unpaired) electrons. The lowest BCUT2D eigenvalue weighted by Crippen LogP contribution is -2.60. The molecule has 9 N–H and O–H groups in total. The van der Waals surface area contributed by atoms with Crippen LogP contribution in [0.2, 0.25) is 0 Å². The van der Waals surface area contributed by atoms with Crippen LogP contribution < -0.4 is 21.7 Å². The quantitative estimate of drug-likeness (QED) is 0.146. The summed E-state index contributed by atoms with van der Waals surface area (Å²) in [5.41, 5.74) is 6.62. The van der Waals surface area contributed by atoms with Gasteiger partial charge in [0.1, 0.15) is 18.1 Å². The number of aliphatic hydroxyl groups excluding tert-OH is 2. The first kappa shape index (κ1) is 27.5. The molecule has 0 spiro atoms. The van der Waals surface area contributed by atoms with Crippen LogP contribution in [0.15, 0.2) is 30.3 Å². The van der Waals surface area contributed by atoms with Gasteiger partial charge in [-0.1, -0.05) is 30.3 Å². The molecule has 1 rings (SSSR count). The molecule has 0 bridgehead atoms. The van der Waals surface area contributed by atoms with Crippen LogP contribution in [0.25, 0.3) is 0 Å². The Morgan fingerprint density at radius 2 is 1.48 bits per heavy atom. The van der Waals surface area contributed by atoms with Gasteiger partial charge >= 0.3 is 11.9 Å². The molecule has 0 aliphatic rings. The summed E-state index contributed by atoms with van der Waals surface area (Å²) in [6.07, 6.45) is -2.23. The highest BCUT2D eigenvalue weighted by atomic mass is 16.4. The molecular weight excluding hydrogens is 440 g/mol. The zero-order valence-corrected chi connectivity index (χ0v) is 17.8. The Bertz CT molecular complexity index is 847. The first-order valence-electron chi connectivity index (χ1n) is 9.90. The summed E-state index contributed by atoms with van der Waals surface area (Å²) in [6, 6.07) is 2.66. The molecule has 5 unspecified atom stereocenters. The van der Waals surface area contributed by atoms with E-state index in [0.717, 1.165) is 5.56 Å². The molecule has 0 aromatic heterocycles. The number of nitrogens with two attached hydrogens (primary N) is 1. The van der Waals surface area contributed by atoms with E-state index in [1.54, 1.807) is 30.3 Å². The zero-order valence-electron chi connectivity index (χ0n) is 17.8. The Kier molecular flexibility index (Phi) is 10.9. The summed E-state index contributed by atoms with van der Waals surface area (Å²) in [4.78, 5) is 59.4. The van der Waals surface area contributed by atoms with Crippen LogP contribution in [0.3, 0.4) is 0 Å². The number of amides is 3. The van der Waals surface area contributed by atoms with Crippen molar-refractivity contribution in [1.82, 2.24) is 16.0 Å². The summed E-state index contributed by atoms with van der Waals surface area (Å²) in [5.74, 6) is -6.13. The minimum Gasteiger partial charge on any atom is -0.481 e. The molecule has 0 aliphatic carbocycles. The van der Waals surface area contributed by atoms with E-state index in [9.17, 15) is 29.1 Å². The topological polar surface area (TPSA) is 228 Å². The van der Waals surface area contributed by atoms with Crippen molar-refractivity contribution in [1.29, 1.82) is 0 Å². The third-order valence-corrected chi connectivity index (χ3v) is 4.51. The van der Waals surface area contributed by atoms with Crippen molar-refractivity contribution >= 4 is 29.7 Å². The van der Waals surface area contributed by atoms with E-state index in [4.69, 9.17) is 21.1 Å². The number of nitrogens with one attached hydrogen (secondary N) is 3. The van der Waals surface area contributed by atoms with E-state index in [-0.39, 0.29) is 6.42 Å². The summed E-state index contributed by atoms with van der Waals surface area (Å²) >= 11 is 0. The molecule has 13 nitrogen and oxygen atoms in total. The number of hydrogen-bond donors (Lipinski definition) is 8. The Labute approximate surface area is 189 Å². The predicted molar refractivity (Wildman–Crippen MR) is 113 cm³/mol. The normalized spacial score (nSPS) is 15.3. The van der Waals surface area contributed by atoms with Gasteiger partial charge in [-0.2, -0.15) is 0 Å². The lowest BCUT2D eigenvalue weighted by molar-refractivity contribution is -0.144. The van der Waals surface area contributed by atoms with Gasteiger partial charge in [-0.25, -0.2) is 4.79 Å². The second kappa shape index (κ2) is 13.1. The number of carbonyl (C=O) groups is 5. The van der Waals surface area contributed by atoms with Crippen LogP contribution in [0.5, 0.6) is 0 Å².